The van der Waals surface area contributed by atoms with Crippen molar-refractivity contribution in [3.8, 4) is 0 Å². The van der Waals surface area contributed by atoms with Gasteiger partial charge in [-0.05, 0) is 13.8 Å². The van der Waals surface area contributed by atoms with E-state index in [1.807, 2.05) is 13.8 Å². The Bertz CT molecular complexity index is 166. The van der Waals surface area contributed by atoms with Crippen LogP contribution >= 0.6 is 11.8 Å². The molecule has 0 aliphatic carbocycles. The Morgan fingerprint density at radius 1 is 1.12 bits per heavy atom. The lowest BCUT2D eigenvalue weighted by Gasteiger charge is -2.18. The van der Waals surface area contributed by atoms with Gasteiger partial charge in [-0.15, -0.1) is 0 Å². The number of hydrogen-bond donors (Lipinski definition) is 2. The molecule has 16 heavy (non-hydrogen) atoms. The van der Waals surface area contributed by atoms with E-state index in [9.17, 15) is 10.2 Å². The van der Waals surface area contributed by atoms with Crippen LogP contribution in [0.4, 0.5) is 0 Å². The van der Waals surface area contributed by atoms with Gasteiger partial charge in [-0.2, -0.15) is 11.8 Å². The third kappa shape index (κ3) is 8.35. The molecule has 0 rings (SSSR count). The Morgan fingerprint density at radius 3 is 2.25 bits per heavy atom. The summed E-state index contributed by atoms with van der Waals surface area (Å²) < 4.78 is 10.3. The van der Waals surface area contributed by atoms with Crippen molar-refractivity contribution in [1.29, 1.82) is 0 Å². The minimum absolute atomic E-state index is 0.00108. The number of methoxy groups -OCH3 is 1. The molecular formula is C11H24O4S. The lowest BCUT2D eigenvalue weighted by atomic mass is 10.3. The maximum atomic E-state index is 9.63. The Balaban J connectivity index is 3.54. The van der Waals surface area contributed by atoms with Gasteiger partial charge in [0.2, 0.25) is 0 Å². The van der Waals surface area contributed by atoms with Gasteiger partial charge < -0.3 is 19.7 Å². The summed E-state index contributed by atoms with van der Waals surface area (Å²) in [5.41, 5.74) is 0. The van der Waals surface area contributed by atoms with E-state index in [2.05, 4.69) is 0 Å². The molecule has 5 heteroatoms. The van der Waals surface area contributed by atoms with Crippen LogP contribution in [0.3, 0.4) is 0 Å². The summed E-state index contributed by atoms with van der Waals surface area (Å²) in [6.07, 6.45) is -0.852. The molecule has 4 unspecified atom stereocenters. The first-order valence-electron chi connectivity index (χ1n) is 5.55. The molecule has 2 N–H and O–H groups in total. The minimum atomic E-state index is -0.495. The lowest BCUT2D eigenvalue weighted by Crippen LogP contribution is -2.26. The summed E-state index contributed by atoms with van der Waals surface area (Å²) in [5.74, 6) is 0.575. The van der Waals surface area contributed by atoms with E-state index < -0.39 is 6.10 Å². The SMILES string of the molecule is COCC(C)OCC(O)CSC(C)C(C)O. The number of aliphatic hydroxyl groups is 2. The molecule has 0 aromatic rings. The molecule has 4 nitrogen and oxygen atoms in total. The van der Waals surface area contributed by atoms with Crippen molar-refractivity contribution in [1.82, 2.24) is 0 Å². The average molecular weight is 252 g/mol. The van der Waals surface area contributed by atoms with Gasteiger partial charge in [0, 0.05) is 18.1 Å². The van der Waals surface area contributed by atoms with Gasteiger partial charge in [0.05, 0.1) is 31.5 Å². The smallest absolute Gasteiger partial charge is 0.0864 e. The van der Waals surface area contributed by atoms with Crippen LogP contribution in [-0.2, 0) is 9.47 Å². The molecule has 0 aromatic carbocycles. The van der Waals surface area contributed by atoms with Crippen LogP contribution < -0.4 is 0 Å². The van der Waals surface area contributed by atoms with Crippen LogP contribution in [0.25, 0.3) is 0 Å². The van der Waals surface area contributed by atoms with Gasteiger partial charge in [0.25, 0.3) is 0 Å². The normalized spacial score (nSPS) is 19.1. The highest BCUT2D eigenvalue weighted by atomic mass is 32.2. The third-order valence-electron chi connectivity index (χ3n) is 2.21. The molecule has 0 aromatic heterocycles. The van der Waals surface area contributed by atoms with Gasteiger partial charge in [-0.3, -0.25) is 0 Å². The Kier molecular flexibility index (Phi) is 9.35. The van der Waals surface area contributed by atoms with Gasteiger partial charge in [0.1, 0.15) is 0 Å². The monoisotopic (exact) mass is 252 g/mol. The van der Waals surface area contributed by atoms with Crippen LogP contribution in [0.5, 0.6) is 0 Å². The van der Waals surface area contributed by atoms with Crippen molar-refractivity contribution in [2.75, 3.05) is 26.1 Å². The maximum absolute atomic E-state index is 9.63. The van der Waals surface area contributed by atoms with Crippen molar-refractivity contribution in [3.05, 3.63) is 0 Å². The molecule has 98 valence electrons. The molecule has 0 fully saturated rings. The molecular weight excluding hydrogens is 228 g/mol. The van der Waals surface area contributed by atoms with Crippen molar-refractivity contribution in [2.45, 2.75) is 44.3 Å². The Morgan fingerprint density at radius 2 is 1.75 bits per heavy atom. The van der Waals surface area contributed by atoms with E-state index in [1.54, 1.807) is 25.8 Å². The first-order chi connectivity index (χ1) is 7.47. The van der Waals surface area contributed by atoms with E-state index in [0.717, 1.165) is 0 Å². The van der Waals surface area contributed by atoms with E-state index >= 15 is 0 Å². The molecule has 0 saturated heterocycles. The van der Waals surface area contributed by atoms with E-state index in [0.29, 0.717) is 19.0 Å². The fraction of sp³-hybridized carbons (Fsp3) is 1.00. The highest BCUT2D eigenvalue weighted by molar-refractivity contribution is 7.99. The molecule has 0 heterocycles. The summed E-state index contributed by atoms with van der Waals surface area (Å²) in [4.78, 5) is 0. The maximum Gasteiger partial charge on any atom is 0.0864 e. The fourth-order valence-electron chi connectivity index (χ4n) is 1.01. The first-order valence-corrected chi connectivity index (χ1v) is 6.60. The van der Waals surface area contributed by atoms with Crippen molar-refractivity contribution in [2.24, 2.45) is 0 Å². The summed E-state index contributed by atoms with van der Waals surface area (Å²) in [6, 6.07) is 0. The largest absolute Gasteiger partial charge is 0.392 e. The highest BCUT2D eigenvalue weighted by Crippen LogP contribution is 2.15. The quantitative estimate of drug-likeness (QED) is 0.638. The van der Waals surface area contributed by atoms with Crippen molar-refractivity contribution in [3.63, 3.8) is 0 Å². The van der Waals surface area contributed by atoms with Gasteiger partial charge in [0.15, 0.2) is 0 Å². The first kappa shape index (κ1) is 16.2. The van der Waals surface area contributed by atoms with E-state index in [1.165, 1.54) is 0 Å². The van der Waals surface area contributed by atoms with Crippen LogP contribution in [0.2, 0.25) is 0 Å². The number of thioether (sulfide) groups is 1. The second kappa shape index (κ2) is 9.24. The summed E-state index contributed by atoms with van der Waals surface area (Å²) in [6.45, 7) is 6.44. The highest BCUT2D eigenvalue weighted by Gasteiger charge is 2.13. The van der Waals surface area contributed by atoms with Crippen LogP contribution in [0.15, 0.2) is 0 Å². The fourth-order valence-corrected chi connectivity index (χ4v) is 1.91. The summed E-state index contributed by atoms with van der Waals surface area (Å²) in [5, 5.41) is 19.0. The van der Waals surface area contributed by atoms with Crippen molar-refractivity contribution >= 4 is 11.8 Å². The molecule has 0 saturated carbocycles. The molecule has 4 atom stereocenters. The number of hydrogen-bond acceptors (Lipinski definition) is 5. The van der Waals surface area contributed by atoms with Crippen LogP contribution in [-0.4, -0.2) is 59.9 Å². The van der Waals surface area contributed by atoms with Gasteiger partial charge in [-0.25, -0.2) is 0 Å². The van der Waals surface area contributed by atoms with Gasteiger partial charge in [-0.1, -0.05) is 6.92 Å². The summed E-state index contributed by atoms with van der Waals surface area (Å²) in [7, 11) is 1.62. The average Bonchev–Trinajstić information content (AvgIpc) is 2.23. The minimum Gasteiger partial charge on any atom is -0.392 e. The Labute approximate surface area is 102 Å². The Hall–Kier alpha value is 0.190. The molecule has 0 spiro atoms. The van der Waals surface area contributed by atoms with E-state index in [4.69, 9.17) is 9.47 Å². The standard InChI is InChI=1S/C11H24O4S/c1-8(5-14-4)15-6-11(13)7-16-10(3)9(2)12/h8-13H,5-7H2,1-4H3. The zero-order valence-electron chi connectivity index (χ0n) is 10.5. The predicted molar refractivity (Wildman–Crippen MR) is 66.9 cm³/mol. The molecule has 0 radical (unpaired) electrons. The second-order valence-electron chi connectivity index (χ2n) is 4.03. The third-order valence-corrected chi connectivity index (χ3v) is 3.70. The number of rotatable bonds is 9. The lowest BCUT2D eigenvalue weighted by molar-refractivity contribution is -0.0257. The molecule has 0 aliphatic heterocycles. The van der Waals surface area contributed by atoms with Crippen molar-refractivity contribution < 1.29 is 19.7 Å². The number of ether oxygens (including phenoxy) is 2. The second-order valence-corrected chi connectivity index (χ2v) is 5.44. The molecule has 0 aliphatic rings. The van der Waals surface area contributed by atoms with Gasteiger partial charge >= 0.3 is 0 Å². The number of aliphatic hydroxyl groups excluding tert-OH is 2. The zero-order valence-corrected chi connectivity index (χ0v) is 11.4. The zero-order chi connectivity index (χ0) is 12.6. The van der Waals surface area contributed by atoms with Crippen LogP contribution in [0, 0.1) is 0 Å². The summed E-state index contributed by atoms with van der Waals surface area (Å²) >= 11 is 1.55. The molecule has 0 bridgehead atoms. The van der Waals surface area contributed by atoms with E-state index in [-0.39, 0.29) is 17.5 Å². The van der Waals surface area contributed by atoms with Crippen LogP contribution in [0.1, 0.15) is 20.8 Å². The molecule has 0 amide bonds. The predicted octanol–water partition coefficient (Wildman–Crippen LogP) is 0.901. The topological polar surface area (TPSA) is 58.9 Å².